The summed E-state index contributed by atoms with van der Waals surface area (Å²) >= 11 is 0. The maximum Gasteiger partial charge on any atom is 0.222 e. The average Bonchev–Trinajstić information content (AvgIpc) is 2.44. The third kappa shape index (κ3) is 3.32. The summed E-state index contributed by atoms with van der Waals surface area (Å²) in [5.74, 6) is -2.77. The summed E-state index contributed by atoms with van der Waals surface area (Å²) in [6, 6.07) is 11.5. The Morgan fingerprint density at radius 3 is 2.45 bits per heavy atom. The summed E-state index contributed by atoms with van der Waals surface area (Å²) in [5, 5.41) is 0. The van der Waals surface area contributed by atoms with Gasteiger partial charge in [0.15, 0.2) is 11.6 Å². The van der Waals surface area contributed by atoms with Crippen LogP contribution in [0.5, 0.6) is 5.75 Å². The highest BCUT2D eigenvalue weighted by atomic mass is 19.2. The van der Waals surface area contributed by atoms with Gasteiger partial charge in [-0.25, -0.2) is 8.78 Å². The number of nitrogens with two attached hydrogens (primary N) is 1. The van der Waals surface area contributed by atoms with Crippen LogP contribution in [0.15, 0.2) is 42.5 Å². The predicted octanol–water partition coefficient (Wildman–Crippen LogP) is 2.57. The molecule has 0 aliphatic carbocycles. The maximum absolute atomic E-state index is 13.7. The van der Waals surface area contributed by atoms with Crippen molar-refractivity contribution in [2.75, 3.05) is 0 Å². The monoisotopic (exact) mass is 277 g/mol. The molecule has 0 radical (unpaired) electrons. The highest BCUT2D eigenvalue weighted by Gasteiger charge is 2.16. The molecule has 0 aliphatic heterocycles. The molecular formula is C15H13F2NO2. The molecule has 0 unspecified atom stereocenters. The summed E-state index contributed by atoms with van der Waals surface area (Å²) in [4.78, 5) is 10.9. The Kier molecular flexibility index (Phi) is 4.30. The number of primary amides is 1. The molecule has 0 heterocycles. The number of hydrogen-bond donors (Lipinski definition) is 1. The molecule has 0 aliphatic rings. The molecule has 1 amide bonds. The first kappa shape index (κ1) is 14.0. The van der Waals surface area contributed by atoms with Crippen molar-refractivity contribution in [1.29, 1.82) is 0 Å². The first-order valence-electron chi connectivity index (χ1n) is 6.00. The molecule has 0 saturated carbocycles. The molecule has 104 valence electrons. The van der Waals surface area contributed by atoms with Gasteiger partial charge in [-0.15, -0.1) is 0 Å². The number of carbonyl (C=O) groups excluding carboxylic acids is 1. The molecule has 3 nitrogen and oxygen atoms in total. The normalized spacial score (nSPS) is 10.3. The van der Waals surface area contributed by atoms with Crippen molar-refractivity contribution < 1.29 is 18.3 Å². The fraction of sp³-hybridized carbons (Fsp3) is 0.133. The minimum atomic E-state index is -1.10. The standard InChI is InChI=1S/C15H13F2NO2/c16-12-6-7-13(11(15(12)17)8-14(18)19)20-9-10-4-2-1-3-5-10/h1-7H,8-9H2,(H2,18,19). The van der Waals surface area contributed by atoms with Gasteiger partial charge in [-0.1, -0.05) is 30.3 Å². The van der Waals surface area contributed by atoms with Crippen LogP contribution in [0, 0.1) is 11.6 Å². The highest BCUT2D eigenvalue weighted by Crippen LogP contribution is 2.25. The van der Waals surface area contributed by atoms with Gasteiger partial charge in [-0.05, 0) is 17.7 Å². The van der Waals surface area contributed by atoms with Gasteiger partial charge in [-0.2, -0.15) is 0 Å². The minimum absolute atomic E-state index is 0.117. The molecular weight excluding hydrogens is 264 g/mol. The van der Waals surface area contributed by atoms with Crippen LogP contribution in [0.25, 0.3) is 0 Å². The van der Waals surface area contributed by atoms with E-state index in [1.54, 1.807) is 0 Å². The van der Waals surface area contributed by atoms with Crippen LogP contribution >= 0.6 is 0 Å². The molecule has 0 spiro atoms. The van der Waals surface area contributed by atoms with Crippen molar-refractivity contribution in [2.24, 2.45) is 5.73 Å². The van der Waals surface area contributed by atoms with Crippen molar-refractivity contribution in [3.05, 3.63) is 65.2 Å². The molecule has 2 N–H and O–H groups in total. The zero-order valence-electron chi connectivity index (χ0n) is 10.6. The lowest BCUT2D eigenvalue weighted by atomic mass is 10.1. The molecule has 0 saturated heterocycles. The van der Waals surface area contributed by atoms with Crippen LogP contribution in [-0.4, -0.2) is 5.91 Å². The largest absolute Gasteiger partial charge is 0.488 e. The van der Waals surface area contributed by atoms with Gasteiger partial charge in [0.1, 0.15) is 12.4 Å². The van der Waals surface area contributed by atoms with E-state index < -0.39 is 24.0 Å². The Bertz CT molecular complexity index is 615. The van der Waals surface area contributed by atoms with Gasteiger partial charge in [0.05, 0.1) is 6.42 Å². The first-order valence-corrected chi connectivity index (χ1v) is 6.00. The van der Waals surface area contributed by atoms with E-state index in [-0.39, 0.29) is 17.9 Å². The summed E-state index contributed by atoms with van der Waals surface area (Å²) in [6.45, 7) is 0.192. The lowest BCUT2D eigenvalue weighted by Gasteiger charge is -2.12. The van der Waals surface area contributed by atoms with Crippen LogP contribution < -0.4 is 10.5 Å². The van der Waals surface area contributed by atoms with Gasteiger partial charge in [0.25, 0.3) is 0 Å². The van der Waals surface area contributed by atoms with Gasteiger partial charge in [-0.3, -0.25) is 4.79 Å². The minimum Gasteiger partial charge on any atom is -0.488 e. The summed E-state index contributed by atoms with van der Waals surface area (Å²) in [7, 11) is 0. The molecule has 5 heteroatoms. The fourth-order valence-corrected chi connectivity index (χ4v) is 1.78. The van der Waals surface area contributed by atoms with Crippen LogP contribution in [0.4, 0.5) is 8.78 Å². The maximum atomic E-state index is 13.7. The zero-order valence-corrected chi connectivity index (χ0v) is 10.6. The number of carbonyl (C=O) groups is 1. The van der Waals surface area contributed by atoms with E-state index >= 15 is 0 Å². The molecule has 0 atom stereocenters. The number of benzene rings is 2. The second-order valence-corrected chi connectivity index (χ2v) is 4.26. The number of ether oxygens (including phenoxy) is 1. The molecule has 2 rings (SSSR count). The predicted molar refractivity (Wildman–Crippen MR) is 70.0 cm³/mol. The first-order chi connectivity index (χ1) is 9.58. The molecule has 0 aromatic heterocycles. The van der Waals surface area contributed by atoms with Gasteiger partial charge < -0.3 is 10.5 Å². The SMILES string of the molecule is NC(=O)Cc1c(OCc2ccccc2)ccc(F)c1F. The summed E-state index contributed by atoms with van der Waals surface area (Å²) in [6.07, 6.45) is -0.409. The van der Waals surface area contributed by atoms with E-state index in [1.807, 2.05) is 30.3 Å². The van der Waals surface area contributed by atoms with E-state index in [0.717, 1.165) is 11.6 Å². The van der Waals surface area contributed by atoms with Gasteiger partial charge in [0, 0.05) is 5.56 Å². The van der Waals surface area contributed by atoms with E-state index in [9.17, 15) is 13.6 Å². The highest BCUT2D eigenvalue weighted by molar-refractivity contribution is 5.77. The molecule has 2 aromatic carbocycles. The van der Waals surface area contributed by atoms with Crippen molar-refractivity contribution in [1.82, 2.24) is 0 Å². The van der Waals surface area contributed by atoms with Crippen LogP contribution in [0.3, 0.4) is 0 Å². The van der Waals surface area contributed by atoms with Crippen LogP contribution in [0.1, 0.15) is 11.1 Å². The van der Waals surface area contributed by atoms with E-state index in [2.05, 4.69) is 0 Å². The third-order valence-corrected chi connectivity index (χ3v) is 2.74. The lowest BCUT2D eigenvalue weighted by molar-refractivity contribution is -0.117. The molecule has 20 heavy (non-hydrogen) atoms. The van der Waals surface area contributed by atoms with Crippen molar-refractivity contribution >= 4 is 5.91 Å². The lowest BCUT2D eigenvalue weighted by Crippen LogP contribution is -2.16. The number of halogens is 2. The van der Waals surface area contributed by atoms with Gasteiger partial charge in [0.2, 0.25) is 5.91 Å². The molecule has 0 fully saturated rings. The Labute approximate surface area is 115 Å². The topological polar surface area (TPSA) is 52.3 Å². The number of amides is 1. The second kappa shape index (κ2) is 6.14. The molecule has 0 bridgehead atoms. The summed E-state index contributed by atoms with van der Waals surface area (Å²) < 4.78 is 32.3. The van der Waals surface area contributed by atoms with E-state index in [4.69, 9.17) is 10.5 Å². The van der Waals surface area contributed by atoms with Gasteiger partial charge >= 0.3 is 0 Å². The smallest absolute Gasteiger partial charge is 0.222 e. The van der Waals surface area contributed by atoms with Crippen LogP contribution in [0.2, 0.25) is 0 Å². The molecule has 2 aromatic rings. The Hall–Kier alpha value is -2.43. The van der Waals surface area contributed by atoms with Crippen molar-refractivity contribution in [3.63, 3.8) is 0 Å². The van der Waals surface area contributed by atoms with Crippen molar-refractivity contribution in [2.45, 2.75) is 13.0 Å². The van der Waals surface area contributed by atoms with Crippen LogP contribution in [-0.2, 0) is 17.8 Å². The van der Waals surface area contributed by atoms with E-state index in [1.165, 1.54) is 6.07 Å². The second-order valence-electron chi connectivity index (χ2n) is 4.26. The summed E-state index contributed by atoms with van der Waals surface area (Å²) in [5.41, 5.74) is 5.75. The number of hydrogen-bond acceptors (Lipinski definition) is 2. The Balaban J connectivity index is 2.22. The third-order valence-electron chi connectivity index (χ3n) is 2.74. The van der Waals surface area contributed by atoms with E-state index in [0.29, 0.717) is 0 Å². The average molecular weight is 277 g/mol. The quantitative estimate of drug-likeness (QED) is 0.913. The number of rotatable bonds is 5. The fourth-order valence-electron chi connectivity index (χ4n) is 1.78. The Morgan fingerprint density at radius 2 is 1.80 bits per heavy atom. The Morgan fingerprint density at radius 1 is 1.10 bits per heavy atom. The van der Waals surface area contributed by atoms with Crippen molar-refractivity contribution in [3.8, 4) is 5.75 Å². The zero-order chi connectivity index (χ0) is 14.5.